The van der Waals surface area contributed by atoms with Crippen LogP contribution in [0.5, 0.6) is 0 Å². The van der Waals surface area contributed by atoms with E-state index in [1.165, 1.54) is 17.8 Å². The number of furan rings is 1. The van der Waals surface area contributed by atoms with Crippen molar-refractivity contribution in [3.63, 3.8) is 0 Å². The molecule has 5 nitrogen and oxygen atoms in total. The van der Waals surface area contributed by atoms with Crippen LogP contribution in [-0.2, 0) is 4.79 Å². The van der Waals surface area contributed by atoms with Crippen LogP contribution in [-0.4, -0.2) is 28.8 Å². The SMILES string of the molecule is CCCCNC(=O)C(C)Sc1ccc(C(=O)O)o1. The Hall–Kier alpha value is -1.43. The number of hydrogen-bond acceptors (Lipinski definition) is 4. The minimum absolute atomic E-state index is 0.0678. The predicted molar refractivity (Wildman–Crippen MR) is 68.9 cm³/mol. The first-order valence-electron chi connectivity index (χ1n) is 5.82. The van der Waals surface area contributed by atoms with Crippen molar-refractivity contribution in [2.45, 2.75) is 37.0 Å². The molecule has 1 heterocycles. The lowest BCUT2D eigenvalue weighted by molar-refractivity contribution is -0.120. The van der Waals surface area contributed by atoms with E-state index in [1.54, 1.807) is 13.0 Å². The van der Waals surface area contributed by atoms with Gasteiger partial charge in [-0.1, -0.05) is 25.1 Å². The Morgan fingerprint density at radius 2 is 2.22 bits per heavy atom. The average Bonchev–Trinajstić information content (AvgIpc) is 2.77. The third kappa shape index (κ3) is 4.44. The van der Waals surface area contributed by atoms with E-state index >= 15 is 0 Å². The smallest absolute Gasteiger partial charge is 0.371 e. The molecule has 6 heteroatoms. The molecule has 1 rings (SSSR count). The summed E-state index contributed by atoms with van der Waals surface area (Å²) in [6.45, 7) is 4.48. The van der Waals surface area contributed by atoms with E-state index in [4.69, 9.17) is 9.52 Å². The molecule has 1 aromatic rings. The zero-order valence-electron chi connectivity index (χ0n) is 10.4. The number of carboxylic acids is 1. The molecule has 0 radical (unpaired) electrons. The molecule has 2 N–H and O–H groups in total. The second kappa shape index (κ2) is 7.10. The lowest BCUT2D eigenvalue weighted by Gasteiger charge is -2.09. The molecule has 18 heavy (non-hydrogen) atoms. The summed E-state index contributed by atoms with van der Waals surface area (Å²) in [4.78, 5) is 22.3. The van der Waals surface area contributed by atoms with Crippen LogP contribution >= 0.6 is 11.8 Å². The molecule has 1 aromatic heterocycles. The van der Waals surface area contributed by atoms with Gasteiger partial charge in [0.1, 0.15) is 0 Å². The van der Waals surface area contributed by atoms with Crippen molar-refractivity contribution in [1.82, 2.24) is 5.32 Å². The minimum atomic E-state index is -1.11. The van der Waals surface area contributed by atoms with Crippen molar-refractivity contribution < 1.29 is 19.1 Å². The van der Waals surface area contributed by atoms with Crippen molar-refractivity contribution in [2.75, 3.05) is 6.54 Å². The molecule has 0 spiro atoms. The van der Waals surface area contributed by atoms with Crippen molar-refractivity contribution in [3.8, 4) is 0 Å². The quantitative estimate of drug-likeness (QED) is 0.588. The Morgan fingerprint density at radius 3 is 2.78 bits per heavy atom. The summed E-state index contributed by atoms with van der Waals surface area (Å²) in [5.74, 6) is -1.29. The first-order valence-corrected chi connectivity index (χ1v) is 6.70. The van der Waals surface area contributed by atoms with Crippen molar-refractivity contribution in [1.29, 1.82) is 0 Å². The molecule has 1 amide bonds. The lowest BCUT2D eigenvalue weighted by atomic mass is 10.3. The highest BCUT2D eigenvalue weighted by Crippen LogP contribution is 2.25. The van der Waals surface area contributed by atoms with Crippen LogP contribution in [0.25, 0.3) is 0 Å². The topological polar surface area (TPSA) is 79.5 Å². The van der Waals surface area contributed by atoms with Crippen LogP contribution in [0, 0.1) is 0 Å². The second-order valence-corrected chi connectivity index (χ2v) is 5.17. The van der Waals surface area contributed by atoms with E-state index in [-0.39, 0.29) is 16.9 Å². The molecule has 0 fully saturated rings. The zero-order valence-corrected chi connectivity index (χ0v) is 11.3. The standard InChI is InChI=1S/C12H17NO4S/c1-3-4-7-13-11(14)8(2)18-10-6-5-9(17-10)12(15)16/h5-6,8H,3-4,7H2,1-2H3,(H,13,14)(H,15,16). The third-order valence-corrected chi connectivity index (χ3v) is 3.30. The molecule has 0 aliphatic carbocycles. The fourth-order valence-electron chi connectivity index (χ4n) is 1.26. The number of carbonyl (C=O) groups excluding carboxylic acids is 1. The number of hydrogen-bond donors (Lipinski definition) is 2. The minimum Gasteiger partial charge on any atom is -0.475 e. The van der Waals surface area contributed by atoms with E-state index in [2.05, 4.69) is 12.2 Å². The summed E-state index contributed by atoms with van der Waals surface area (Å²) in [6.07, 6.45) is 1.98. The summed E-state index contributed by atoms with van der Waals surface area (Å²) in [7, 11) is 0. The van der Waals surface area contributed by atoms with E-state index in [0.717, 1.165) is 12.8 Å². The molecule has 1 unspecified atom stereocenters. The number of rotatable bonds is 7. The van der Waals surface area contributed by atoms with Crippen molar-refractivity contribution in [2.24, 2.45) is 0 Å². The van der Waals surface area contributed by atoms with Gasteiger partial charge in [0.2, 0.25) is 11.7 Å². The van der Waals surface area contributed by atoms with Gasteiger partial charge in [-0.3, -0.25) is 4.79 Å². The van der Waals surface area contributed by atoms with Crippen LogP contribution < -0.4 is 5.32 Å². The molecule has 0 aliphatic rings. The lowest BCUT2D eigenvalue weighted by Crippen LogP contribution is -2.31. The van der Waals surface area contributed by atoms with Gasteiger partial charge < -0.3 is 14.8 Å². The number of thioether (sulfide) groups is 1. The summed E-state index contributed by atoms with van der Waals surface area (Å²) >= 11 is 1.21. The van der Waals surface area contributed by atoms with Gasteiger partial charge >= 0.3 is 5.97 Å². The number of carboxylic acid groups (broad SMARTS) is 1. The first-order chi connectivity index (χ1) is 8.54. The Balaban J connectivity index is 2.45. The fourth-order valence-corrected chi connectivity index (χ4v) is 2.08. The van der Waals surface area contributed by atoms with E-state index in [1.807, 2.05) is 0 Å². The predicted octanol–water partition coefficient (Wildman–Crippen LogP) is 2.37. The molecular formula is C12H17NO4S. The van der Waals surface area contributed by atoms with Gasteiger partial charge in [0, 0.05) is 6.54 Å². The average molecular weight is 271 g/mol. The number of nitrogens with one attached hydrogen (secondary N) is 1. The molecule has 100 valence electrons. The summed E-state index contributed by atoms with van der Waals surface area (Å²) in [5, 5.41) is 11.6. The van der Waals surface area contributed by atoms with Crippen LogP contribution in [0.15, 0.2) is 21.6 Å². The highest BCUT2D eigenvalue weighted by molar-refractivity contribution is 8.00. The van der Waals surface area contributed by atoms with Crippen molar-refractivity contribution >= 4 is 23.6 Å². The summed E-state index contributed by atoms with van der Waals surface area (Å²) in [6, 6.07) is 2.94. The van der Waals surface area contributed by atoms with Gasteiger partial charge in [0.15, 0.2) is 5.09 Å². The maximum atomic E-state index is 11.7. The summed E-state index contributed by atoms with van der Waals surface area (Å²) in [5.41, 5.74) is 0. The summed E-state index contributed by atoms with van der Waals surface area (Å²) < 4.78 is 5.07. The van der Waals surface area contributed by atoms with Crippen LogP contribution in [0.3, 0.4) is 0 Å². The van der Waals surface area contributed by atoms with Gasteiger partial charge in [-0.15, -0.1) is 0 Å². The molecule has 0 bridgehead atoms. The molecule has 0 saturated carbocycles. The zero-order chi connectivity index (χ0) is 13.5. The van der Waals surface area contributed by atoms with E-state index < -0.39 is 5.97 Å². The maximum Gasteiger partial charge on any atom is 0.371 e. The Morgan fingerprint density at radius 1 is 1.50 bits per heavy atom. The van der Waals surface area contributed by atoms with Crippen molar-refractivity contribution in [3.05, 3.63) is 17.9 Å². The highest BCUT2D eigenvalue weighted by atomic mass is 32.2. The van der Waals surface area contributed by atoms with E-state index in [9.17, 15) is 9.59 Å². The van der Waals surface area contributed by atoms with Crippen LogP contribution in [0.1, 0.15) is 37.2 Å². The number of unbranched alkanes of at least 4 members (excludes halogenated alkanes) is 1. The highest BCUT2D eigenvalue weighted by Gasteiger charge is 2.17. The number of aromatic carboxylic acids is 1. The van der Waals surface area contributed by atoms with Crippen LogP contribution in [0.4, 0.5) is 0 Å². The normalized spacial score (nSPS) is 12.1. The van der Waals surface area contributed by atoms with Gasteiger partial charge in [-0.05, 0) is 25.5 Å². The molecule has 0 saturated heterocycles. The Bertz CT molecular complexity index is 416. The molecule has 0 aromatic carbocycles. The maximum absolute atomic E-state index is 11.7. The van der Waals surface area contributed by atoms with Crippen LogP contribution in [0.2, 0.25) is 0 Å². The van der Waals surface area contributed by atoms with Gasteiger partial charge in [0.25, 0.3) is 0 Å². The Labute approximate surface area is 110 Å². The second-order valence-electron chi connectivity index (χ2n) is 3.83. The molecule has 0 aliphatic heterocycles. The fraction of sp³-hybridized carbons (Fsp3) is 0.500. The largest absolute Gasteiger partial charge is 0.475 e. The first kappa shape index (κ1) is 14.6. The monoisotopic (exact) mass is 271 g/mol. The van der Waals surface area contributed by atoms with Gasteiger partial charge in [-0.2, -0.15) is 0 Å². The Kier molecular flexibility index (Phi) is 5.77. The third-order valence-electron chi connectivity index (χ3n) is 2.28. The number of amides is 1. The molecular weight excluding hydrogens is 254 g/mol. The molecule has 1 atom stereocenters. The van der Waals surface area contributed by atoms with Gasteiger partial charge in [-0.25, -0.2) is 4.79 Å². The number of carbonyl (C=O) groups is 2. The van der Waals surface area contributed by atoms with E-state index in [0.29, 0.717) is 11.6 Å². The van der Waals surface area contributed by atoms with Gasteiger partial charge in [0.05, 0.1) is 5.25 Å².